The van der Waals surface area contributed by atoms with Gasteiger partial charge in [0, 0.05) is 36.1 Å². The quantitative estimate of drug-likeness (QED) is 0.606. The van der Waals surface area contributed by atoms with Crippen LogP contribution in [0.15, 0.2) is 71.8 Å². The van der Waals surface area contributed by atoms with Crippen LogP contribution in [0, 0.1) is 6.92 Å². The van der Waals surface area contributed by atoms with Crippen LogP contribution in [0.1, 0.15) is 11.1 Å². The lowest BCUT2D eigenvalue weighted by atomic mass is 10.0. The first-order valence-electron chi connectivity index (χ1n) is 8.01. The molecule has 0 saturated carbocycles. The van der Waals surface area contributed by atoms with Gasteiger partial charge in [0.15, 0.2) is 5.76 Å². The van der Waals surface area contributed by atoms with Crippen molar-refractivity contribution in [3.8, 4) is 28.3 Å². The third kappa shape index (κ3) is 3.04. The van der Waals surface area contributed by atoms with Gasteiger partial charge in [-0.15, -0.1) is 0 Å². The van der Waals surface area contributed by atoms with E-state index in [2.05, 4.69) is 29.2 Å². The van der Waals surface area contributed by atoms with E-state index in [0.29, 0.717) is 17.0 Å². The molecular weight excluding hydrogens is 314 g/mol. The highest BCUT2D eigenvalue weighted by Gasteiger charge is 2.13. The van der Waals surface area contributed by atoms with Gasteiger partial charge in [0.05, 0.1) is 6.33 Å². The summed E-state index contributed by atoms with van der Waals surface area (Å²) in [6.45, 7) is 2.83. The Hall–Kier alpha value is -3.34. The van der Waals surface area contributed by atoms with E-state index in [4.69, 9.17) is 4.52 Å². The first kappa shape index (κ1) is 15.2. The standard InChI is InChI=1S/C20H17N3O2/c1-14-10-15(12-23-9-8-21-13-23)6-7-16(14)20-11-18(22-25-20)17-4-2-3-5-19(17)24/h2-11,13,24H,12H2,1H3. The summed E-state index contributed by atoms with van der Waals surface area (Å²) in [5.41, 5.74) is 4.57. The number of aryl methyl sites for hydroxylation is 1. The van der Waals surface area contributed by atoms with Crippen LogP contribution in [0.3, 0.4) is 0 Å². The first-order valence-corrected chi connectivity index (χ1v) is 8.01. The van der Waals surface area contributed by atoms with Crippen LogP contribution >= 0.6 is 0 Å². The number of hydrogen-bond acceptors (Lipinski definition) is 4. The van der Waals surface area contributed by atoms with Gasteiger partial charge in [-0.3, -0.25) is 0 Å². The van der Waals surface area contributed by atoms with Gasteiger partial charge in [-0.05, 0) is 30.2 Å². The second kappa shape index (κ2) is 6.28. The Kier molecular flexibility index (Phi) is 3.82. The van der Waals surface area contributed by atoms with E-state index < -0.39 is 0 Å². The molecule has 0 bridgehead atoms. The summed E-state index contributed by atoms with van der Waals surface area (Å²) in [4.78, 5) is 4.06. The number of aromatic nitrogens is 3. The summed E-state index contributed by atoms with van der Waals surface area (Å²) in [5.74, 6) is 0.875. The fourth-order valence-corrected chi connectivity index (χ4v) is 2.91. The highest BCUT2D eigenvalue weighted by atomic mass is 16.5. The molecule has 0 saturated heterocycles. The summed E-state index contributed by atoms with van der Waals surface area (Å²) < 4.78 is 7.54. The Morgan fingerprint density at radius 1 is 1.08 bits per heavy atom. The Bertz CT molecular complexity index is 1000. The van der Waals surface area contributed by atoms with Crippen molar-refractivity contribution in [1.29, 1.82) is 0 Å². The highest BCUT2D eigenvalue weighted by molar-refractivity contribution is 5.72. The number of hydrogen-bond donors (Lipinski definition) is 1. The molecule has 4 rings (SSSR count). The van der Waals surface area contributed by atoms with Crippen molar-refractivity contribution in [2.45, 2.75) is 13.5 Å². The van der Waals surface area contributed by atoms with E-state index in [9.17, 15) is 5.11 Å². The first-order chi connectivity index (χ1) is 12.2. The summed E-state index contributed by atoms with van der Waals surface area (Å²) in [5, 5.41) is 14.1. The Morgan fingerprint density at radius 3 is 2.72 bits per heavy atom. The number of imidazole rings is 1. The lowest BCUT2D eigenvalue weighted by Crippen LogP contribution is -1.97. The minimum Gasteiger partial charge on any atom is -0.507 e. The molecule has 0 spiro atoms. The van der Waals surface area contributed by atoms with Gasteiger partial charge in [0.25, 0.3) is 0 Å². The van der Waals surface area contributed by atoms with E-state index in [-0.39, 0.29) is 5.75 Å². The van der Waals surface area contributed by atoms with Gasteiger partial charge in [0.2, 0.25) is 0 Å². The van der Waals surface area contributed by atoms with E-state index in [1.165, 1.54) is 5.56 Å². The predicted molar refractivity (Wildman–Crippen MR) is 95.1 cm³/mol. The maximum atomic E-state index is 9.97. The van der Waals surface area contributed by atoms with E-state index in [1.54, 1.807) is 24.7 Å². The minimum absolute atomic E-state index is 0.190. The Morgan fingerprint density at radius 2 is 1.96 bits per heavy atom. The topological polar surface area (TPSA) is 64.1 Å². The molecule has 0 atom stereocenters. The number of benzene rings is 2. The molecule has 4 aromatic rings. The molecule has 2 heterocycles. The number of phenolic OH excluding ortho intramolecular Hbond substituents is 1. The van der Waals surface area contributed by atoms with Gasteiger partial charge >= 0.3 is 0 Å². The van der Waals surface area contributed by atoms with Crippen LogP contribution in [0.4, 0.5) is 0 Å². The largest absolute Gasteiger partial charge is 0.507 e. The van der Waals surface area contributed by atoms with Crippen molar-refractivity contribution < 1.29 is 9.63 Å². The zero-order valence-electron chi connectivity index (χ0n) is 13.8. The molecule has 1 N–H and O–H groups in total. The average molecular weight is 331 g/mol. The third-order valence-electron chi connectivity index (χ3n) is 4.17. The molecule has 2 aromatic heterocycles. The Balaban J connectivity index is 1.63. The van der Waals surface area contributed by atoms with Crippen LogP contribution in [0.25, 0.3) is 22.6 Å². The molecule has 124 valence electrons. The molecule has 5 heteroatoms. The second-order valence-corrected chi connectivity index (χ2v) is 5.98. The van der Waals surface area contributed by atoms with Gasteiger partial charge in [-0.25, -0.2) is 4.98 Å². The molecule has 0 unspecified atom stereocenters. The molecule has 0 amide bonds. The zero-order valence-corrected chi connectivity index (χ0v) is 13.8. The normalized spacial score (nSPS) is 10.9. The molecule has 2 aromatic carbocycles. The van der Waals surface area contributed by atoms with E-state index in [0.717, 1.165) is 17.7 Å². The monoisotopic (exact) mass is 331 g/mol. The average Bonchev–Trinajstić information content (AvgIpc) is 3.27. The summed E-state index contributed by atoms with van der Waals surface area (Å²) >= 11 is 0. The van der Waals surface area contributed by atoms with Crippen LogP contribution < -0.4 is 0 Å². The minimum atomic E-state index is 0.190. The molecule has 0 aliphatic rings. The summed E-state index contributed by atoms with van der Waals surface area (Å²) in [6.07, 6.45) is 5.52. The number of para-hydroxylation sites is 1. The number of nitrogens with zero attached hydrogens (tertiary/aromatic N) is 3. The van der Waals surface area contributed by atoms with E-state index in [1.807, 2.05) is 35.0 Å². The van der Waals surface area contributed by atoms with Crippen LogP contribution in [0.5, 0.6) is 5.75 Å². The summed E-state index contributed by atoms with van der Waals surface area (Å²) in [7, 11) is 0. The lowest BCUT2D eigenvalue weighted by molar-refractivity contribution is 0.433. The molecule has 0 aliphatic heterocycles. The van der Waals surface area contributed by atoms with Crippen molar-refractivity contribution in [3.05, 3.63) is 78.4 Å². The zero-order chi connectivity index (χ0) is 17.2. The fourth-order valence-electron chi connectivity index (χ4n) is 2.91. The van der Waals surface area contributed by atoms with Crippen molar-refractivity contribution in [2.24, 2.45) is 0 Å². The van der Waals surface area contributed by atoms with Crippen LogP contribution in [0.2, 0.25) is 0 Å². The van der Waals surface area contributed by atoms with Gasteiger partial charge in [-0.2, -0.15) is 0 Å². The lowest BCUT2D eigenvalue weighted by Gasteiger charge is -2.07. The van der Waals surface area contributed by atoms with Crippen molar-refractivity contribution in [2.75, 3.05) is 0 Å². The molecule has 5 nitrogen and oxygen atoms in total. The van der Waals surface area contributed by atoms with Crippen molar-refractivity contribution >= 4 is 0 Å². The van der Waals surface area contributed by atoms with E-state index >= 15 is 0 Å². The number of aromatic hydroxyl groups is 1. The van der Waals surface area contributed by atoms with Crippen molar-refractivity contribution in [3.63, 3.8) is 0 Å². The van der Waals surface area contributed by atoms with Crippen molar-refractivity contribution in [1.82, 2.24) is 14.7 Å². The fraction of sp³-hybridized carbons (Fsp3) is 0.100. The SMILES string of the molecule is Cc1cc(Cn2ccnc2)ccc1-c1cc(-c2ccccc2O)no1. The number of rotatable bonds is 4. The van der Waals surface area contributed by atoms with Gasteiger partial charge < -0.3 is 14.2 Å². The molecule has 0 fully saturated rings. The third-order valence-corrected chi connectivity index (χ3v) is 4.17. The smallest absolute Gasteiger partial charge is 0.167 e. The van der Waals surface area contributed by atoms with Gasteiger partial charge in [0.1, 0.15) is 11.4 Å². The van der Waals surface area contributed by atoms with Crippen LogP contribution in [-0.2, 0) is 6.54 Å². The maximum Gasteiger partial charge on any atom is 0.167 e. The maximum absolute atomic E-state index is 9.97. The number of phenols is 1. The summed E-state index contributed by atoms with van der Waals surface area (Å²) in [6, 6.07) is 15.2. The second-order valence-electron chi connectivity index (χ2n) is 5.98. The molecular formula is C20H17N3O2. The molecule has 25 heavy (non-hydrogen) atoms. The van der Waals surface area contributed by atoms with Gasteiger partial charge in [-0.1, -0.05) is 35.5 Å². The molecule has 0 aliphatic carbocycles. The van der Waals surface area contributed by atoms with Crippen LogP contribution in [-0.4, -0.2) is 19.8 Å². The predicted octanol–water partition coefficient (Wildman–Crippen LogP) is 4.27. The Labute approximate surface area is 145 Å². The highest BCUT2D eigenvalue weighted by Crippen LogP contribution is 2.32. The molecule has 0 radical (unpaired) electrons.